The molecular weight excluding hydrogens is 268 g/mol. The largest absolute Gasteiger partial charge is 0.497 e. The molecule has 0 unspecified atom stereocenters. The molecule has 0 aliphatic rings. The van der Waals surface area contributed by atoms with Crippen molar-refractivity contribution in [2.45, 2.75) is 6.92 Å². The zero-order valence-electron chi connectivity index (χ0n) is 11.7. The first kappa shape index (κ1) is 13.1. The quantitative estimate of drug-likeness (QED) is 0.736. The van der Waals surface area contributed by atoms with E-state index in [9.17, 15) is 0 Å². The maximum absolute atomic E-state index is 5.26. The Morgan fingerprint density at radius 3 is 2.90 bits per heavy atom. The Kier molecular flexibility index (Phi) is 3.51. The van der Waals surface area contributed by atoms with E-state index in [1.807, 2.05) is 25.1 Å². The molecule has 3 rings (SSSR count). The highest BCUT2D eigenvalue weighted by Crippen LogP contribution is 2.23. The minimum absolute atomic E-state index is 0.518. The predicted octanol–water partition coefficient (Wildman–Crippen LogP) is 2.88. The first-order valence-electron chi connectivity index (χ1n) is 6.39. The standard InChI is InChI=1S/C15H14N4O2/c1-11-7-12(9-13(8-11)20-2)15-17-10-19(18-15)5-3-14-16-4-6-21-14/h3-10H,1-2H3/b5-3-. The van der Waals surface area contributed by atoms with Gasteiger partial charge in [0.05, 0.1) is 13.3 Å². The van der Waals surface area contributed by atoms with E-state index in [-0.39, 0.29) is 0 Å². The molecule has 21 heavy (non-hydrogen) atoms. The molecule has 106 valence electrons. The first-order valence-corrected chi connectivity index (χ1v) is 6.39. The van der Waals surface area contributed by atoms with E-state index in [1.165, 1.54) is 6.26 Å². The van der Waals surface area contributed by atoms with Crippen LogP contribution in [-0.2, 0) is 0 Å². The molecule has 0 radical (unpaired) electrons. The summed E-state index contributed by atoms with van der Waals surface area (Å²) in [5.41, 5.74) is 2.01. The highest BCUT2D eigenvalue weighted by atomic mass is 16.5. The molecule has 1 aromatic carbocycles. The van der Waals surface area contributed by atoms with Crippen molar-refractivity contribution < 1.29 is 9.15 Å². The van der Waals surface area contributed by atoms with Crippen LogP contribution >= 0.6 is 0 Å². The normalized spacial score (nSPS) is 11.1. The van der Waals surface area contributed by atoms with Gasteiger partial charge in [-0.25, -0.2) is 14.6 Å². The van der Waals surface area contributed by atoms with Gasteiger partial charge in [0.2, 0.25) is 5.89 Å². The summed E-state index contributed by atoms with van der Waals surface area (Å²) in [4.78, 5) is 8.30. The average molecular weight is 282 g/mol. The zero-order chi connectivity index (χ0) is 14.7. The van der Waals surface area contributed by atoms with Crippen LogP contribution in [0.3, 0.4) is 0 Å². The molecule has 0 N–H and O–H groups in total. The van der Waals surface area contributed by atoms with Crippen LogP contribution in [0.5, 0.6) is 5.75 Å². The Morgan fingerprint density at radius 2 is 2.14 bits per heavy atom. The lowest BCUT2D eigenvalue weighted by Gasteiger charge is -2.03. The molecular formula is C15H14N4O2. The fourth-order valence-corrected chi connectivity index (χ4v) is 1.93. The Labute approximate surface area is 121 Å². The van der Waals surface area contributed by atoms with Gasteiger partial charge in [0.15, 0.2) is 5.82 Å². The van der Waals surface area contributed by atoms with Crippen molar-refractivity contribution in [2.75, 3.05) is 7.11 Å². The van der Waals surface area contributed by atoms with E-state index in [0.29, 0.717) is 11.7 Å². The van der Waals surface area contributed by atoms with Gasteiger partial charge >= 0.3 is 0 Å². The highest BCUT2D eigenvalue weighted by Gasteiger charge is 2.06. The number of hydrogen-bond acceptors (Lipinski definition) is 5. The molecule has 2 aromatic heterocycles. The average Bonchev–Trinajstić information content (AvgIpc) is 3.15. The fourth-order valence-electron chi connectivity index (χ4n) is 1.93. The van der Waals surface area contributed by atoms with Crippen molar-refractivity contribution in [3.8, 4) is 17.1 Å². The third-order valence-electron chi connectivity index (χ3n) is 2.87. The molecule has 2 heterocycles. The van der Waals surface area contributed by atoms with Gasteiger partial charge in [-0.1, -0.05) is 0 Å². The Morgan fingerprint density at radius 1 is 1.24 bits per heavy atom. The van der Waals surface area contributed by atoms with Crippen molar-refractivity contribution in [3.63, 3.8) is 0 Å². The summed E-state index contributed by atoms with van der Waals surface area (Å²) in [5.74, 6) is 1.94. The summed E-state index contributed by atoms with van der Waals surface area (Å²) in [6, 6.07) is 5.88. The molecule has 3 aromatic rings. The van der Waals surface area contributed by atoms with E-state index in [1.54, 1.807) is 36.6 Å². The lowest BCUT2D eigenvalue weighted by molar-refractivity contribution is 0.414. The smallest absolute Gasteiger partial charge is 0.220 e. The number of oxazole rings is 1. The summed E-state index contributed by atoms with van der Waals surface area (Å²) >= 11 is 0. The second kappa shape index (κ2) is 5.62. The van der Waals surface area contributed by atoms with Crippen LogP contribution in [0.1, 0.15) is 11.5 Å². The van der Waals surface area contributed by atoms with Crippen LogP contribution in [0.2, 0.25) is 0 Å². The van der Waals surface area contributed by atoms with E-state index < -0.39 is 0 Å². The van der Waals surface area contributed by atoms with Crippen molar-refractivity contribution in [2.24, 2.45) is 0 Å². The summed E-state index contributed by atoms with van der Waals surface area (Å²) in [5, 5.41) is 4.39. The molecule has 6 heteroatoms. The van der Waals surface area contributed by atoms with Gasteiger partial charge in [0.25, 0.3) is 0 Å². The van der Waals surface area contributed by atoms with Crippen LogP contribution in [0.4, 0.5) is 0 Å². The molecule has 0 aliphatic heterocycles. The van der Waals surface area contributed by atoms with Gasteiger partial charge < -0.3 is 9.15 Å². The summed E-state index contributed by atoms with van der Waals surface area (Å²) in [6.07, 6.45) is 8.19. The Balaban J connectivity index is 1.86. The number of ether oxygens (including phenoxy) is 1. The monoisotopic (exact) mass is 282 g/mol. The van der Waals surface area contributed by atoms with Crippen molar-refractivity contribution in [3.05, 3.63) is 48.4 Å². The van der Waals surface area contributed by atoms with Crippen LogP contribution in [0.25, 0.3) is 23.7 Å². The summed E-state index contributed by atoms with van der Waals surface area (Å²) < 4.78 is 12.0. The minimum atomic E-state index is 0.518. The lowest BCUT2D eigenvalue weighted by atomic mass is 10.1. The van der Waals surface area contributed by atoms with Crippen molar-refractivity contribution in [1.82, 2.24) is 19.7 Å². The van der Waals surface area contributed by atoms with Gasteiger partial charge in [-0.3, -0.25) is 0 Å². The van der Waals surface area contributed by atoms with E-state index in [0.717, 1.165) is 16.9 Å². The van der Waals surface area contributed by atoms with E-state index in [2.05, 4.69) is 15.1 Å². The lowest BCUT2D eigenvalue weighted by Crippen LogP contribution is -1.90. The Hall–Kier alpha value is -2.89. The molecule has 0 bridgehead atoms. The maximum atomic E-state index is 5.26. The highest BCUT2D eigenvalue weighted by molar-refractivity contribution is 5.60. The molecule has 0 spiro atoms. The number of aryl methyl sites for hydroxylation is 1. The number of benzene rings is 1. The van der Waals surface area contributed by atoms with Crippen molar-refractivity contribution >= 4 is 12.3 Å². The van der Waals surface area contributed by atoms with Crippen LogP contribution < -0.4 is 4.74 Å². The topological polar surface area (TPSA) is 66.0 Å². The molecule has 0 saturated carbocycles. The van der Waals surface area contributed by atoms with Gasteiger partial charge in [-0.05, 0) is 30.7 Å². The van der Waals surface area contributed by atoms with Crippen molar-refractivity contribution in [1.29, 1.82) is 0 Å². The molecule has 0 amide bonds. The third kappa shape index (κ3) is 3.00. The van der Waals surface area contributed by atoms with Gasteiger partial charge in [-0.2, -0.15) is 0 Å². The molecule has 0 fully saturated rings. The number of hydrogen-bond donors (Lipinski definition) is 0. The second-order valence-electron chi connectivity index (χ2n) is 4.47. The minimum Gasteiger partial charge on any atom is -0.497 e. The number of rotatable bonds is 4. The fraction of sp³-hybridized carbons (Fsp3) is 0.133. The SMILES string of the molecule is COc1cc(C)cc(-c2ncn(/C=C\c3ncco3)n2)c1. The molecule has 0 aliphatic carbocycles. The van der Waals surface area contributed by atoms with Gasteiger partial charge in [0, 0.05) is 17.8 Å². The predicted molar refractivity (Wildman–Crippen MR) is 78.5 cm³/mol. The van der Waals surface area contributed by atoms with Crippen LogP contribution in [0.15, 0.2) is 41.4 Å². The van der Waals surface area contributed by atoms with Crippen LogP contribution in [0, 0.1) is 6.92 Å². The summed E-state index contributed by atoms with van der Waals surface area (Å²) in [6.45, 7) is 2.01. The van der Waals surface area contributed by atoms with Gasteiger partial charge in [-0.15, -0.1) is 5.10 Å². The number of methoxy groups -OCH3 is 1. The first-order chi connectivity index (χ1) is 10.2. The number of aromatic nitrogens is 4. The van der Waals surface area contributed by atoms with E-state index in [4.69, 9.17) is 9.15 Å². The second-order valence-corrected chi connectivity index (χ2v) is 4.47. The maximum Gasteiger partial charge on any atom is 0.220 e. The third-order valence-corrected chi connectivity index (χ3v) is 2.87. The van der Waals surface area contributed by atoms with E-state index >= 15 is 0 Å². The van der Waals surface area contributed by atoms with Gasteiger partial charge in [0.1, 0.15) is 18.3 Å². The molecule has 6 nitrogen and oxygen atoms in total. The number of nitrogens with zero attached hydrogens (tertiary/aromatic N) is 4. The molecule has 0 atom stereocenters. The van der Waals surface area contributed by atoms with Crippen LogP contribution in [-0.4, -0.2) is 26.9 Å². The Bertz CT molecular complexity index is 760. The summed E-state index contributed by atoms with van der Waals surface area (Å²) in [7, 11) is 1.64. The molecule has 0 saturated heterocycles. The zero-order valence-corrected chi connectivity index (χ0v) is 11.7.